The minimum absolute atomic E-state index is 0.0293. The summed E-state index contributed by atoms with van der Waals surface area (Å²) < 4.78 is 19.8. The van der Waals surface area contributed by atoms with Crippen LogP contribution in [0.1, 0.15) is 49.1 Å². The van der Waals surface area contributed by atoms with Crippen molar-refractivity contribution in [1.29, 1.82) is 0 Å². The van der Waals surface area contributed by atoms with Gasteiger partial charge in [0.25, 0.3) is 0 Å². The fourth-order valence-electron chi connectivity index (χ4n) is 7.63. The molecule has 1 spiro atoms. The number of likely N-dealkylation sites (N-methyl/N-ethyl adjacent to an activating group) is 2. The Hall–Kier alpha value is -2.69. The molecule has 1 amide bonds. The molecule has 2 unspecified atom stereocenters. The van der Waals surface area contributed by atoms with Gasteiger partial charge in [-0.05, 0) is 79.0 Å². The predicted octanol–water partition coefficient (Wildman–Crippen LogP) is 4.33. The molecule has 1 saturated carbocycles. The van der Waals surface area contributed by atoms with Gasteiger partial charge in [-0.3, -0.25) is 19.3 Å². The summed E-state index contributed by atoms with van der Waals surface area (Å²) >= 11 is 5.01. The van der Waals surface area contributed by atoms with E-state index in [0.717, 1.165) is 27.0 Å². The van der Waals surface area contributed by atoms with Crippen molar-refractivity contribution < 1.29 is 28.6 Å². The molecular formula is C29H31BrN2O6S. The molecule has 2 aliphatic heterocycles. The predicted molar refractivity (Wildman–Crippen MR) is 150 cm³/mol. The van der Waals surface area contributed by atoms with E-state index < -0.39 is 23.1 Å². The largest absolute Gasteiger partial charge is 0.483 e. The van der Waals surface area contributed by atoms with Crippen LogP contribution in [0.4, 0.5) is 0 Å². The zero-order valence-electron chi connectivity index (χ0n) is 22.4. The summed E-state index contributed by atoms with van der Waals surface area (Å²) in [5.41, 5.74) is 0.597. The molecule has 2 bridgehead atoms. The smallest absolute Gasteiger partial charge is 0.308 e. The Morgan fingerprint density at radius 3 is 2.72 bits per heavy atom. The van der Waals surface area contributed by atoms with Gasteiger partial charge in [-0.15, -0.1) is 11.3 Å². The van der Waals surface area contributed by atoms with E-state index in [4.69, 9.17) is 14.2 Å². The van der Waals surface area contributed by atoms with Gasteiger partial charge in [-0.1, -0.05) is 6.07 Å². The summed E-state index contributed by atoms with van der Waals surface area (Å²) in [6, 6.07) is 5.47. The third-order valence-corrected chi connectivity index (χ3v) is 10.7. The average molecular weight is 616 g/mol. The van der Waals surface area contributed by atoms with E-state index in [1.807, 2.05) is 30.6 Å². The Labute approximate surface area is 240 Å². The number of carbonyl (C=O) groups is 3. The molecule has 39 heavy (non-hydrogen) atoms. The van der Waals surface area contributed by atoms with E-state index in [0.29, 0.717) is 37.2 Å². The number of nitrogens with zero attached hydrogens (tertiary/aromatic N) is 2. The molecule has 4 aliphatic rings. The molecule has 1 saturated heterocycles. The van der Waals surface area contributed by atoms with E-state index in [2.05, 4.69) is 27.9 Å². The number of esters is 2. The van der Waals surface area contributed by atoms with Crippen molar-refractivity contribution in [2.45, 2.75) is 68.7 Å². The standard InChI is InChI=1S/C29H31BrN2O6S/c1-16(33)36-22-7-5-18-13-23-29(38-17(2)34)10-9-21(32(4)24(35)8-6-20-14-19(30)15-39-20)27-28(29,11-12-31(23)3)25(18)26(22)37-27/h5-8,14-15,21,23,27H,9-13H2,1-4H3/b8-6+/t21?,23-,27?,28+,29-/m1/s1. The fraction of sp³-hybridized carbons (Fsp3) is 0.483. The van der Waals surface area contributed by atoms with Crippen LogP contribution in [0.2, 0.25) is 0 Å². The Morgan fingerprint density at radius 2 is 2.03 bits per heavy atom. The number of rotatable bonds is 5. The van der Waals surface area contributed by atoms with Gasteiger partial charge in [0.1, 0.15) is 11.7 Å². The van der Waals surface area contributed by atoms with Gasteiger partial charge in [-0.2, -0.15) is 0 Å². The van der Waals surface area contributed by atoms with Crippen LogP contribution in [0.15, 0.2) is 34.1 Å². The number of ether oxygens (including phenoxy) is 3. The molecule has 2 aromatic rings. The van der Waals surface area contributed by atoms with Crippen molar-refractivity contribution in [3.05, 3.63) is 50.1 Å². The zero-order chi connectivity index (χ0) is 27.7. The summed E-state index contributed by atoms with van der Waals surface area (Å²) in [4.78, 5) is 43.1. The zero-order valence-corrected chi connectivity index (χ0v) is 24.8. The van der Waals surface area contributed by atoms with Crippen molar-refractivity contribution >= 4 is 51.2 Å². The van der Waals surface area contributed by atoms with Crippen molar-refractivity contribution in [1.82, 2.24) is 9.80 Å². The Kier molecular flexibility index (Phi) is 6.43. The molecular weight excluding hydrogens is 584 g/mol. The van der Waals surface area contributed by atoms with Gasteiger partial charge < -0.3 is 19.1 Å². The molecule has 5 atom stereocenters. The number of piperidine rings is 1. The first-order chi connectivity index (χ1) is 18.6. The summed E-state index contributed by atoms with van der Waals surface area (Å²) in [5, 5.41) is 1.98. The maximum absolute atomic E-state index is 13.5. The first kappa shape index (κ1) is 26.5. The highest BCUT2D eigenvalue weighted by molar-refractivity contribution is 9.10. The Balaban J connectivity index is 1.46. The number of hydrogen-bond acceptors (Lipinski definition) is 8. The van der Waals surface area contributed by atoms with Gasteiger partial charge >= 0.3 is 11.9 Å². The van der Waals surface area contributed by atoms with Gasteiger partial charge in [0.05, 0.1) is 17.5 Å². The van der Waals surface area contributed by atoms with Crippen LogP contribution in [0, 0.1) is 0 Å². The molecule has 2 fully saturated rings. The molecule has 206 valence electrons. The molecule has 1 aromatic heterocycles. The summed E-state index contributed by atoms with van der Waals surface area (Å²) in [6.07, 6.45) is 5.55. The maximum atomic E-state index is 13.5. The summed E-state index contributed by atoms with van der Waals surface area (Å²) in [7, 11) is 3.90. The van der Waals surface area contributed by atoms with Crippen LogP contribution >= 0.6 is 27.3 Å². The molecule has 0 radical (unpaired) electrons. The minimum Gasteiger partial charge on any atom is -0.483 e. The molecule has 1 aromatic carbocycles. The second kappa shape index (κ2) is 9.45. The van der Waals surface area contributed by atoms with Crippen molar-refractivity contribution in [3.8, 4) is 11.5 Å². The van der Waals surface area contributed by atoms with Crippen LogP contribution < -0.4 is 9.47 Å². The highest BCUT2D eigenvalue weighted by Gasteiger charge is 2.75. The third-order valence-electron chi connectivity index (χ3n) is 9.05. The summed E-state index contributed by atoms with van der Waals surface area (Å²) in [5.74, 6) is 0.0317. The van der Waals surface area contributed by atoms with Crippen molar-refractivity contribution in [2.75, 3.05) is 20.6 Å². The molecule has 2 aliphatic carbocycles. The minimum atomic E-state index is -0.816. The van der Waals surface area contributed by atoms with Gasteiger partial charge in [0.15, 0.2) is 11.5 Å². The number of amides is 1. The van der Waals surface area contributed by atoms with E-state index >= 15 is 0 Å². The van der Waals surface area contributed by atoms with Crippen molar-refractivity contribution in [2.24, 2.45) is 0 Å². The lowest BCUT2D eigenvalue weighted by Gasteiger charge is -2.65. The number of hydrogen-bond donors (Lipinski definition) is 0. The third kappa shape index (κ3) is 3.89. The molecule has 0 N–H and O–H groups in total. The number of halogens is 1. The lowest BCUT2D eigenvalue weighted by atomic mass is 9.48. The van der Waals surface area contributed by atoms with Crippen LogP contribution in [0.3, 0.4) is 0 Å². The first-order valence-electron chi connectivity index (χ1n) is 13.2. The fourth-order valence-corrected chi connectivity index (χ4v) is 8.97. The topological polar surface area (TPSA) is 85.4 Å². The van der Waals surface area contributed by atoms with Gasteiger partial charge in [-0.25, -0.2) is 0 Å². The second-order valence-electron chi connectivity index (χ2n) is 11.0. The van der Waals surface area contributed by atoms with Crippen molar-refractivity contribution in [3.63, 3.8) is 0 Å². The number of benzene rings is 1. The molecule has 6 rings (SSSR count). The first-order valence-corrected chi connectivity index (χ1v) is 14.8. The molecule has 10 heteroatoms. The number of carbonyl (C=O) groups excluding carboxylic acids is 3. The Morgan fingerprint density at radius 1 is 1.23 bits per heavy atom. The van der Waals surface area contributed by atoms with E-state index in [-0.39, 0.29) is 24.0 Å². The van der Waals surface area contributed by atoms with E-state index in [1.165, 1.54) is 13.8 Å². The highest BCUT2D eigenvalue weighted by atomic mass is 79.9. The normalized spacial score (nSPS) is 30.4. The molecule has 3 heterocycles. The maximum Gasteiger partial charge on any atom is 0.308 e. The van der Waals surface area contributed by atoms with Crippen LogP contribution in [0.5, 0.6) is 11.5 Å². The quantitative estimate of drug-likeness (QED) is 0.281. The lowest BCUT2D eigenvalue weighted by molar-refractivity contribution is -0.220. The van der Waals surface area contributed by atoms with E-state index in [9.17, 15) is 14.4 Å². The van der Waals surface area contributed by atoms with Crippen LogP contribution in [0.25, 0.3) is 6.08 Å². The SMILES string of the molecule is CC(=O)Oc1ccc2c3c1OC1C(N(C)C(=O)/C=C/c4cc(Br)cs4)CC[C@@]4(OC(C)=O)[C@@H](C2)N(C)CC[C@]314. The lowest BCUT2D eigenvalue weighted by Crippen LogP contribution is -2.78. The van der Waals surface area contributed by atoms with Crippen LogP contribution in [-0.2, 0) is 31.0 Å². The second-order valence-corrected chi connectivity index (χ2v) is 12.9. The summed E-state index contributed by atoms with van der Waals surface area (Å²) in [6.45, 7) is 3.63. The number of thiophene rings is 1. The average Bonchev–Trinajstić information content (AvgIpc) is 3.45. The van der Waals surface area contributed by atoms with Gasteiger partial charge in [0.2, 0.25) is 5.91 Å². The number of likely N-dealkylation sites (tertiary alicyclic amines) is 1. The Bertz CT molecular complexity index is 1410. The molecule has 8 nitrogen and oxygen atoms in total. The highest BCUT2D eigenvalue weighted by Crippen LogP contribution is 2.67. The van der Waals surface area contributed by atoms with E-state index in [1.54, 1.807) is 28.4 Å². The van der Waals surface area contributed by atoms with Gasteiger partial charge in [0, 0.05) is 47.3 Å². The monoisotopic (exact) mass is 614 g/mol. The van der Waals surface area contributed by atoms with Crippen LogP contribution in [-0.4, -0.2) is 72.1 Å².